The lowest BCUT2D eigenvalue weighted by atomic mass is 10.2. The summed E-state index contributed by atoms with van der Waals surface area (Å²) in [7, 11) is 0. The second-order valence-corrected chi connectivity index (χ2v) is 4.87. The molecular formula is C8H6BrNOS. The van der Waals surface area contributed by atoms with Gasteiger partial charge in [0.15, 0.2) is 3.92 Å². The van der Waals surface area contributed by atoms with E-state index in [4.69, 9.17) is 0 Å². The van der Waals surface area contributed by atoms with Crippen molar-refractivity contribution in [1.82, 2.24) is 4.98 Å². The maximum absolute atomic E-state index is 9.51. The van der Waals surface area contributed by atoms with Crippen LogP contribution in [0.2, 0.25) is 0 Å². The number of phenolic OH excluding ortho intramolecular Hbond substituents is 1. The molecule has 1 N–H and O–H groups in total. The van der Waals surface area contributed by atoms with E-state index in [9.17, 15) is 5.11 Å². The Morgan fingerprint density at radius 2 is 2.25 bits per heavy atom. The second-order valence-electron chi connectivity index (χ2n) is 2.60. The molecule has 0 aliphatic carbocycles. The average Bonchev–Trinajstić information content (AvgIpc) is 2.29. The molecule has 0 saturated carbocycles. The van der Waals surface area contributed by atoms with E-state index in [0.29, 0.717) is 5.75 Å². The van der Waals surface area contributed by atoms with E-state index in [1.807, 2.05) is 13.0 Å². The van der Waals surface area contributed by atoms with Gasteiger partial charge in [-0.1, -0.05) is 0 Å². The van der Waals surface area contributed by atoms with Gasteiger partial charge < -0.3 is 5.11 Å². The van der Waals surface area contributed by atoms with Crippen LogP contribution in [-0.2, 0) is 0 Å². The summed E-state index contributed by atoms with van der Waals surface area (Å²) in [6, 6.07) is 3.70. The van der Waals surface area contributed by atoms with E-state index in [-0.39, 0.29) is 0 Å². The number of fused-ring (bicyclic) bond motifs is 1. The highest BCUT2D eigenvalue weighted by Gasteiger charge is 2.05. The topological polar surface area (TPSA) is 33.1 Å². The monoisotopic (exact) mass is 243 g/mol. The summed E-state index contributed by atoms with van der Waals surface area (Å²) < 4.78 is 1.64. The van der Waals surface area contributed by atoms with Gasteiger partial charge in [-0.05, 0) is 40.5 Å². The molecule has 0 radical (unpaired) electrons. The van der Waals surface area contributed by atoms with Crippen LogP contribution in [0.4, 0.5) is 0 Å². The maximum atomic E-state index is 9.51. The lowest BCUT2D eigenvalue weighted by Crippen LogP contribution is -1.73. The van der Waals surface area contributed by atoms with Gasteiger partial charge in [-0.2, -0.15) is 0 Å². The number of rotatable bonds is 0. The number of hydrogen-bond acceptors (Lipinski definition) is 3. The van der Waals surface area contributed by atoms with Gasteiger partial charge in [0.1, 0.15) is 5.75 Å². The number of benzene rings is 1. The fourth-order valence-corrected chi connectivity index (χ4v) is 2.49. The zero-order valence-corrected chi connectivity index (χ0v) is 8.74. The smallest absolute Gasteiger partial charge is 0.160 e. The van der Waals surface area contributed by atoms with Crippen molar-refractivity contribution in [3.8, 4) is 5.75 Å². The molecule has 2 rings (SSSR count). The van der Waals surface area contributed by atoms with Crippen molar-refractivity contribution in [2.24, 2.45) is 0 Å². The Kier molecular flexibility index (Phi) is 1.81. The Balaban J connectivity index is 2.88. The Labute approximate surface area is 82.0 Å². The van der Waals surface area contributed by atoms with Crippen LogP contribution in [0, 0.1) is 6.92 Å². The van der Waals surface area contributed by atoms with E-state index >= 15 is 0 Å². The standard InChI is InChI=1S/C8H6BrNOS/c1-4-2-5-7(6(11)3-4)12-8(9)10-5/h2-3,11H,1H3. The largest absolute Gasteiger partial charge is 0.506 e. The molecule has 1 heterocycles. The summed E-state index contributed by atoms with van der Waals surface area (Å²) in [6.07, 6.45) is 0. The zero-order chi connectivity index (χ0) is 8.72. The molecule has 0 saturated heterocycles. The molecule has 0 unspecified atom stereocenters. The zero-order valence-electron chi connectivity index (χ0n) is 6.34. The highest BCUT2D eigenvalue weighted by Crippen LogP contribution is 2.33. The first kappa shape index (κ1) is 8.01. The van der Waals surface area contributed by atoms with Gasteiger partial charge in [-0.3, -0.25) is 0 Å². The first-order valence-electron chi connectivity index (χ1n) is 3.42. The van der Waals surface area contributed by atoms with Crippen LogP contribution in [0.5, 0.6) is 5.75 Å². The van der Waals surface area contributed by atoms with E-state index in [2.05, 4.69) is 20.9 Å². The minimum atomic E-state index is 0.313. The number of phenols is 1. The van der Waals surface area contributed by atoms with Crippen molar-refractivity contribution in [2.45, 2.75) is 6.92 Å². The van der Waals surface area contributed by atoms with Crippen molar-refractivity contribution >= 4 is 37.5 Å². The number of aryl methyl sites for hydroxylation is 1. The van der Waals surface area contributed by atoms with Crippen molar-refractivity contribution in [1.29, 1.82) is 0 Å². The normalized spacial score (nSPS) is 10.8. The molecule has 1 aromatic heterocycles. The number of aromatic nitrogens is 1. The lowest BCUT2D eigenvalue weighted by Gasteiger charge is -1.94. The number of nitrogens with zero attached hydrogens (tertiary/aromatic N) is 1. The molecular weight excluding hydrogens is 238 g/mol. The van der Waals surface area contributed by atoms with Gasteiger partial charge in [-0.15, -0.1) is 11.3 Å². The number of hydrogen-bond donors (Lipinski definition) is 1. The van der Waals surface area contributed by atoms with Crippen molar-refractivity contribution in [2.75, 3.05) is 0 Å². The first-order chi connectivity index (χ1) is 5.66. The number of thiazole rings is 1. The second kappa shape index (κ2) is 2.71. The van der Waals surface area contributed by atoms with Crippen LogP contribution < -0.4 is 0 Å². The van der Waals surface area contributed by atoms with Gasteiger partial charge in [0.2, 0.25) is 0 Å². The molecule has 0 aliphatic rings. The number of aromatic hydroxyl groups is 1. The Bertz CT molecular complexity index is 438. The summed E-state index contributed by atoms with van der Waals surface area (Å²) in [5.74, 6) is 0.313. The minimum absolute atomic E-state index is 0.313. The summed E-state index contributed by atoms with van der Waals surface area (Å²) in [6.45, 7) is 1.94. The predicted molar refractivity (Wildman–Crippen MR) is 53.7 cm³/mol. The maximum Gasteiger partial charge on any atom is 0.160 e. The lowest BCUT2D eigenvalue weighted by molar-refractivity contribution is 0.482. The van der Waals surface area contributed by atoms with Gasteiger partial charge in [0, 0.05) is 0 Å². The van der Waals surface area contributed by atoms with Crippen molar-refractivity contribution in [3.63, 3.8) is 0 Å². The predicted octanol–water partition coefficient (Wildman–Crippen LogP) is 3.07. The third-order valence-electron chi connectivity index (χ3n) is 1.59. The van der Waals surface area contributed by atoms with Crippen molar-refractivity contribution < 1.29 is 5.11 Å². The summed E-state index contributed by atoms with van der Waals surface area (Å²) in [5.41, 5.74) is 1.88. The molecule has 2 nitrogen and oxygen atoms in total. The van der Waals surface area contributed by atoms with Gasteiger partial charge >= 0.3 is 0 Å². The highest BCUT2D eigenvalue weighted by molar-refractivity contribution is 9.11. The summed E-state index contributed by atoms with van der Waals surface area (Å²) in [4.78, 5) is 4.21. The minimum Gasteiger partial charge on any atom is -0.506 e. The van der Waals surface area contributed by atoms with Crippen LogP contribution in [0.25, 0.3) is 10.2 Å². The SMILES string of the molecule is Cc1cc(O)c2sc(Br)nc2c1. The van der Waals surface area contributed by atoms with Crippen LogP contribution >= 0.6 is 27.3 Å². The molecule has 12 heavy (non-hydrogen) atoms. The summed E-state index contributed by atoms with van der Waals surface area (Å²) in [5, 5.41) is 9.51. The molecule has 0 atom stereocenters. The summed E-state index contributed by atoms with van der Waals surface area (Å²) >= 11 is 4.72. The average molecular weight is 244 g/mol. The molecule has 1 aromatic carbocycles. The third-order valence-corrected chi connectivity index (χ3v) is 3.13. The fourth-order valence-electron chi connectivity index (χ4n) is 1.12. The molecule has 0 bridgehead atoms. The van der Waals surface area contributed by atoms with Crippen molar-refractivity contribution in [3.05, 3.63) is 21.6 Å². The quantitative estimate of drug-likeness (QED) is 0.772. The van der Waals surface area contributed by atoms with E-state index in [1.54, 1.807) is 6.07 Å². The molecule has 0 aliphatic heterocycles. The van der Waals surface area contributed by atoms with E-state index < -0.39 is 0 Å². The van der Waals surface area contributed by atoms with Crippen LogP contribution in [0.1, 0.15) is 5.56 Å². The van der Waals surface area contributed by atoms with Crippen LogP contribution in [0.15, 0.2) is 16.0 Å². The highest BCUT2D eigenvalue weighted by atomic mass is 79.9. The molecule has 4 heteroatoms. The molecule has 0 amide bonds. The Hall–Kier alpha value is -0.610. The van der Waals surface area contributed by atoms with E-state index in [0.717, 1.165) is 19.7 Å². The van der Waals surface area contributed by atoms with E-state index in [1.165, 1.54) is 11.3 Å². The first-order valence-corrected chi connectivity index (χ1v) is 5.03. The number of halogens is 1. The van der Waals surface area contributed by atoms with Gasteiger partial charge in [0.25, 0.3) is 0 Å². The van der Waals surface area contributed by atoms with Gasteiger partial charge in [0.05, 0.1) is 10.2 Å². The fraction of sp³-hybridized carbons (Fsp3) is 0.125. The van der Waals surface area contributed by atoms with Gasteiger partial charge in [-0.25, -0.2) is 4.98 Å². The Morgan fingerprint density at radius 1 is 1.50 bits per heavy atom. The molecule has 62 valence electrons. The van der Waals surface area contributed by atoms with Crippen LogP contribution in [-0.4, -0.2) is 10.1 Å². The van der Waals surface area contributed by atoms with Crippen LogP contribution in [0.3, 0.4) is 0 Å². The Morgan fingerprint density at radius 3 is 3.00 bits per heavy atom. The molecule has 0 spiro atoms. The third kappa shape index (κ3) is 1.21. The molecule has 0 fully saturated rings. The molecule has 2 aromatic rings.